The van der Waals surface area contributed by atoms with Gasteiger partial charge in [0.2, 0.25) is 0 Å². The number of halogens is 2. The van der Waals surface area contributed by atoms with E-state index in [0.717, 1.165) is 16.0 Å². The molecule has 0 spiro atoms. The zero-order valence-corrected chi connectivity index (χ0v) is 18.3. The Hall–Kier alpha value is -2.34. The molecule has 0 unspecified atom stereocenters. The van der Waals surface area contributed by atoms with E-state index in [0.29, 0.717) is 39.2 Å². The van der Waals surface area contributed by atoms with Crippen molar-refractivity contribution < 1.29 is 14.3 Å². The SMILES string of the molecule is CCCOC(=O)c1c(NC(=O)c2ccc(Cl)cc2)sc(C)c1-c1ccc(Cl)cc1. The molecule has 0 bridgehead atoms. The van der Waals surface area contributed by atoms with Crippen LogP contribution in [0.4, 0.5) is 5.00 Å². The van der Waals surface area contributed by atoms with Gasteiger partial charge in [-0.05, 0) is 55.3 Å². The Balaban J connectivity index is 2.02. The topological polar surface area (TPSA) is 55.4 Å². The third kappa shape index (κ3) is 4.99. The second-order valence-electron chi connectivity index (χ2n) is 6.34. The van der Waals surface area contributed by atoms with Gasteiger partial charge in [-0.3, -0.25) is 4.79 Å². The van der Waals surface area contributed by atoms with Crippen molar-refractivity contribution in [2.75, 3.05) is 11.9 Å². The van der Waals surface area contributed by atoms with Gasteiger partial charge in [-0.25, -0.2) is 4.79 Å². The smallest absolute Gasteiger partial charge is 0.341 e. The van der Waals surface area contributed by atoms with Crippen molar-refractivity contribution in [1.82, 2.24) is 0 Å². The molecule has 0 aliphatic carbocycles. The summed E-state index contributed by atoms with van der Waals surface area (Å²) in [5.74, 6) is -0.789. The van der Waals surface area contributed by atoms with E-state index in [-0.39, 0.29) is 5.91 Å². The summed E-state index contributed by atoms with van der Waals surface area (Å²) in [6, 6.07) is 13.8. The molecule has 0 aliphatic heterocycles. The number of anilines is 1. The minimum atomic E-state index is -0.465. The molecular formula is C22H19Cl2NO3S. The summed E-state index contributed by atoms with van der Waals surface area (Å²) >= 11 is 13.2. The molecule has 3 rings (SSSR count). The Kier molecular flexibility index (Phi) is 6.96. The van der Waals surface area contributed by atoms with Crippen molar-refractivity contribution in [2.45, 2.75) is 20.3 Å². The number of rotatable bonds is 6. The fourth-order valence-corrected chi connectivity index (χ4v) is 4.15. The lowest BCUT2D eigenvalue weighted by atomic mass is 10.0. The number of thiophene rings is 1. The van der Waals surface area contributed by atoms with E-state index in [9.17, 15) is 9.59 Å². The summed E-state index contributed by atoms with van der Waals surface area (Å²) in [6.07, 6.45) is 0.706. The van der Waals surface area contributed by atoms with Gasteiger partial charge in [-0.1, -0.05) is 42.3 Å². The maximum atomic E-state index is 12.9. The number of hydrogen-bond donors (Lipinski definition) is 1. The predicted octanol–water partition coefficient (Wildman–Crippen LogP) is 6.85. The van der Waals surface area contributed by atoms with Crippen LogP contribution in [-0.4, -0.2) is 18.5 Å². The van der Waals surface area contributed by atoms with Gasteiger partial charge in [0.05, 0.1) is 6.61 Å². The molecular weight excluding hydrogens is 429 g/mol. The number of benzene rings is 2. The summed E-state index contributed by atoms with van der Waals surface area (Å²) in [5, 5.41) is 4.46. The summed E-state index contributed by atoms with van der Waals surface area (Å²) in [7, 11) is 0. The van der Waals surface area contributed by atoms with E-state index < -0.39 is 5.97 Å². The molecule has 0 saturated carbocycles. The van der Waals surface area contributed by atoms with Crippen LogP contribution < -0.4 is 5.32 Å². The van der Waals surface area contributed by atoms with Gasteiger partial charge < -0.3 is 10.1 Å². The fraction of sp³-hybridized carbons (Fsp3) is 0.182. The Labute approximate surface area is 183 Å². The van der Waals surface area contributed by atoms with Crippen molar-refractivity contribution >= 4 is 51.4 Å². The summed E-state index contributed by atoms with van der Waals surface area (Å²) in [5.41, 5.74) is 2.37. The summed E-state index contributed by atoms with van der Waals surface area (Å²) in [6.45, 7) is 4.14. The molecule has 3 aromatic rings. The average molecular weight is 448 g/mol. The molecule has 0 fully saturated rings. The molecule has 0 aliphatic rings. The van der Waals surface area contributed by atoms with Crippen LogP contribution in [0.25, 0.3) is 11.1 Å². The van der Waals surface area contributed by atoms with Crippen molar-refractivity contribution in [3.63, 3.8) is 0 Å². The molecule has 1 N–H and O–H groups in total. The minimum absolute atomic E-state index is 0.304. The van der Waals surface area contributed by atoms with Crippen LogP contribution in [0.1, 0.15) is 38.9 Å². The first-order valence-corrected chi connectivity index (χ1v) is 10.6. The average Bonchev–Trinajstić information content (AvgIpc) is 3.03. The second kappa shape index (κ2) is 9.44. The van der Waals surface area contributed by atoms with Crippen LogP contribution in [0.3, 0.4) is 0 Å². The summed E-state index contributed by atoms with van der Waals surface area (Å²) in [4.78, 5) is 26.4. The van der Waals surface area contributed by atoms with Gasteiger partial charge in [0.25, 0.3) is 5.91 Å². The number of aryl methyl sites for hydroxylation is 1. The van der Waals surface area contributed by atoms with E-state index in [1.165, 1.54) is 11.3 Å². The van der Waals surface area contributed by atoms with Crippen LogP contribution in [0, 0.1) is 6.92 Å². The molecule has 0 atom stereocenters. The van der Waals surface area contributed by atoms with Gasteiger partial charge in [0, 0.05) is 26.0 Å². The Morgan fingerprint density at radius 3 is 2.17 bits per heavy atom. The third-order valence-electron chi connectivity index (χ3n) is 4.19. The number of esters is 1. The minimum Gasteiger partial charge on any atom is -0.462 e. The predicted molar refractivity (Wildman–Crippen MR) is 119 cm³/mol. The molecule has 1 heterocycles. The Morgan fingerprint density at radius 1 is 1.00 bits per heavy atom. The first-order valence-electron chi connectivity index (χ1n) is 9.04. The van der Waals surface area contributed by atoms with E-state index in [1.807, 2.05) is 26.0 Å². The monoisotopic (exact) mass is 447 g/mol. The first kappa shape index (κ1) is 21.4. The van der Waals surface area contributed by atoms with Crippen LogP contribution in [0.5, 0.6) is 0 Å². The number of ether oxygens (including phenoxy) is 1. The lowest BCUT2D eigenvalue weighted by Gasteiger charge is -2.10. The highest BCUT2D eigenvalue weighted by Gasteiger charge is 2.26. The van der Waals surface area contributed by atoms with Crippen LogP contribution >= 0.6 is 34.5 Å². The maximum absolute atomic E-state index is 12.9. The largest absolute Gasteiger partial charge is 0.462 e. The molecule has 29 heavy (non-hydrogen) atoms. The molecule has 4 nitrogen and oxygen atoms in total. The zero-order valence-electron chi connectivity index (χ0n) is 15.9. The van der Waals surface area contributed by atoms with Crippen LogP contribution in [0.15, 0.2) is 48.5 Å². The number of nitrogens with one attached hydrogen (secondary N) is 1. The standard InChI is InChI=1S/C22H19Cl2NO3S/c1-3-12-28-22(27)19-18(14-4-8-16(23)9-5-14)13(2)29-21(19)25-20(26)15-6-10-17(24)11-7-15/h4-11H,3,12H2,1-2H3,(H,25,26). The Morgan fingerprint density at radius 2 is 1.59 bits per heavy atom. The highest BCUT2D eigenvalue weighted by molar-refractivity contribution is 7.17. The number of carbonyl (C=O) groups is 2. The highest BCUT2D eigenvalue weighted by atomic mass is 35.5. The van der Waals surface area contributed by atoms with E-state index in [2.05, 4.69) is 5.32 Å². The zero-order chi connectivity index (χ0) is 21.0. The van der Waals surface area contributed by atoms with Gasteiger partial charge >= 0.3 is 5.97 Å². The van der Waals surface area contributed by atoms with Crippen LogP contribution in [-0.2, 0) is 4.74 Å². The highest BCUT2D eigenvalue weighted by Crippen LogP contribution is 2.41. The van der Waals surface area contributed by atoms with Gasteiger partial charge in [-0.2, -0.15) is 0 Å². The third-order valence-corrected chi connectivity index (χ3v) is 5.72. The van der Waals surface area contributed by atoms with Crippen molar-refractivity contribution in [3.05, 3.63) is 74.6 Å². The van der Waals surface area contributed by atoms with Crippen molar-refractivity contribution in [2.24, 2.45) is 0 Å². The molecule has 1 amide bonds. The molecule has 2 aromatic carbocycles. The number of hydrogen-bond acceptors (Lipinski definition) is 4. The normalized spacial score (nSPS) is 10.6. The number of amides is 1. The number of carbonyl (C=O) groups excluding carboxylic acids is 2. The fourth-order valence-electron chi connectivity index (χ4n) is 2.84. The molecule has 0 radical (unpaired) electrons. The van der Waals surface area contributed by atoms with E-state index in [4.69, 9.17) is 27.9 Å². The van der Waals surface area contributed by atoms with Gasteiger partial charge in [0.1, 0.15) is 10.6 Å². The maximum Gasteiger partial charge on any atom is 0.341 e. The summed E-state index contributed by atoms with van der Waals surface area (Å²) < 4.78 is 5.39. The molecule has 7 heteroatoms. The molecule has 0 saturated heterocycles. The van der Waals surface area contributed by atoms with Crippen LogP contribution in [0.2, 0.25) is 10.0 Å². The molecule has 1 aromatic heterocycles. The Bertz CT molecular complexity index is 1030. The van der Waals surface area contributed by atoms with E-state index in [1.54, 1.807) is 36.4 Å². The first-order chi connectivity index (χ1) is 13.9. The van der Waals surface area contributed by atoms with Crippen molar-refractivity contribution in [3.8, 4) is 11.1 Å². The van der Waals surface area contributed by atoms with Crippen molar-refractivity contribution in [1.29, 1.82) is 0 Å². The van der Waals surface area contributed by atoms with Gasteiger partial charge in [0.15, 0.2) is 0 Å². The molecule has 150 valence electrons. The lowest BCUT2D eigenvalue weighted by Crippen LogP contribution is -2.15. The van der Waals surface area contributed by atoms with Gasteiger partial charge in [-0.15, -0.1) is 11.3 Å². The quantitative estimate of drug-likeness (QED) is 0.420. The lowest BCUT2D eigenvalue weighted by molar-refractivity contribution is 0.0507. The second-order valence-corrected chi connectivity index (χ2v) is 8.44. The van der Waals surface area contributed by atoms with E-state index >= 15 is 0 Å².